The van der Waals surface area contributed by atoms with Crippen molar-refractivity contribution in [2.45, 2.75) is 71.9 Å². The summed E-state index contributed by atoms with van der Waals surface area (Å²) in [6, 6.07) is 0. The third-order valence-corrected chi connectivity index (χ3v) is 3.28. The first-order chi connectivity index (χ1) is 7.63. The monoisotopic (exact) mass is 242 g/mol. The second-order valence-electron chi connectivity index (χ2n) is 6.36. The van der Waals surface area contributed by atoms with Crippen molar-refractivity contribution in [2.24, 2.45) is 5.92 Å². The van der Waals surface area contributed by atoms with E-state index in [1.165, 1.54) is 0 Å². The molecule has 0 aromatic carbocycles. The molecule has 2 N–H and O–H groups in total. The van der Waals surface area contributed by atoms with Crippen LogP contribution in [0.4, 0.5) is 0 Å². The van der Waals surface area contributed by atoms with E-state index < -0.39 is 0 Å². The van der Waals surface area contributed by atoms with Gasteiger partial charge < -0.3 is 10.6 Å². The number of rotatable bonds is 7. The van der Waals surface area contributed by atoms with Gasteiger partial charge in [0.25, 0.3) is 0 Å². The van der Waals surface area contributed by atoms with Gasteiger partial charge in [-0.05, 0) is 47.6 Å². The summed E-state index contributed by atoms with van der Waals surface area (Å²) in [6.45, 7) is 12.6. The van der Waals surface area contributed by atoms with Crippen molar-refractivity contribution in [1.29, 1.82) is 0 Å². The van der Waals surface area contributed by atoms with Crippen LogP contribution in [0.25, 0.3) is 0 Å². The maximum Gasteiger partial charge on any atom is 0.223 e. The highest BCUT2D eigenvalue weighted by molar-refractivity contribution is 5.79. The Kier molecular flexibility index (Phi) is 6.17. The van der Waals surface area contributed by atoms with E-state index in [1.54, 1.807) is 0 Å². The molecular weight excluding hydrogens is 212 g/mol. The fourth-order valence-electron chi connectivity index (χ4n) is 2.10. The predicted octanol–water partition coefficient (Wildman–Crippen LogP) is 2.71. The highest BCUT2D eigenvalue weighted by atomic mass is 16.2. The van der Waals surface area contributed by atoms with Crippen LogP contribution in [-0.4, -0.2) is 24.0 Å². The van der Waals surface area contributed by atoms with Crippen LogP contribution in [0.3, 0.4) is 0 Å². The SMILES string of the molecule is CCCC(C)(C)NC(=O)C(C)CC(C)(C)NC. The van der Waals surface area contributed by atoms with Crippen molar-refractivity contribution in [3.8, 4) is 0 Å². The molecular formula is C14H30N2O. The Morgan fingerprint density at radius 3 is 2.12 bits per heavy atom. The molecule has 0 fully saturated rings. The van der Waals surface area contributed by atoms with E-state index in [4.69, 9.17) is 0 Å². The van der Waals surface area contributed by atoms with Crippen LogP contribution in [0.2, 0.25) is 0 Å². The van der Waals surface area contributed by atoms with E-state index in [0.29, 0.717) is 0 Å². The number of amides is 1. The first-order valence-electron chi connectivity index (χ1n) is 6.64. The molecule has 3 nitrogen and oxygen atoms in total. The molecule has 17 heavy (non-hydrogen) atoms. The molecule has 1 unspecified atom stereocenters. The zero-order valence-electron chi connectivity index (χ0n) is 12.6. The van der Waals surface area contributed by atoms with Gasteiger partial charge in [0.2, 0.25) is 5.91 Å². The Balaban J connectivity index is 4.32. The lowest BCUT2D eigenvalue weighted by molar-refractivity contribution is -0.126. The molecule has 102 valence electrons. The van der Waals surface area contributed by atoms with E-state index in [9.17, 15) is 4.79 Å². The second-order valence-corrected chi connectivity index (χ2v) is 6.36. The van der Waals surface area contributed by atoms with Gasteiger partial charge in [-0.3, -0.25) is 4.79 Å². The zero-order valence-corrected chi connectivity index (χ0v) is 12.6. The predicted molar refractivity (Wildman–Crippen MR) is 74.0 cm³/mol. The topological polar surface area (TPSA) is 41.1 Å². The minimum atomic E-state index is -0.0934. The Hall–Kier alpha value is -0.570. The second kappa shape index (κ2) is 6.39. The molecule has 1 amide bonds. The van der Waals surface area contributed by atoms with E-state index in [0.717, 1.165) is 19.3 Å². The minimum Gasteiger partial charge on any atom is -0.351 e. The summed E-state index contributed by atoms with van der Waals surface area (Å²) in [7, 11) is 1.94. The van der Waals surface area contributed by atoms with Crippen LogP contribution in [0.1, 0.15) is 60.8 Å². The molecule has 0 aromatic heterocycles. The van der Waals surface area contributed by atoms with Crippen molar-refractivity contribution in [1.82, 2.24) is 10.6 Å². The summed E-state index contributed by atoms with van der Waals surface area (Å²) in [6.07, 6.45) is 2.95. The van der Waals surface area contributed by atoms with E-state index >= 15 is 0 Å². The van der Waals surface area contributed by atoms with Crippen LogP contribution in [-0.2, 0) is 4.79 Å². The molecule has 0 aliphatic carbocycles. The third-order valence-electron chi connectivity index (χ3n) is 3.28. The molecule has 0 spiro atoms. The maximum absolute atomic E-state index is 12.1. The van der Waals surface area contributed by atoms with Crippen molar-refractivity contribution in [3.05, 3.63) is 0 Å². The lowest BCUT2D eigenvalue weighted by Gasteiger charge is -2.31. The third kappa shape index (κ3) is 6.67. The van der Waals surface area contributed by atoms with Crippen LogP contribution in [0.15, 0.2) is 0 Å². The Morgan fingerprint density at radius 1 is 1.18 bits per heavy atom. The molecule has 0 rings (SSSR count). The summed E-state index contributed by atoms with van der Waals surface area (Å²) in [5.41, 5.74) is -0.0878. The smallest absolute Gasteiger partial charge is 0.223 e. The first kappa shape index (κ1) is 16.4. The molecule has 0 saturated heterocycles. The lowest BCUT2D eigenvalue weighted by Crippen LogP contribution is -2.48. The molecule has 3 heteroatoms. The average molecular weight is 242 g/mol. The number of hydrogen-bond acceptors (Lipinski definition) is 2. The summed E-state index contributed by atoms with van der Waals surface area (Å²) in [4.78, 5) is 12.1. The van der Waals surface area contributed by atoms with Crippen LogP contribution in [0, 0.1) is 5.92 Å². The van der Waals surface area contributed by atoms with E-state index in [1.807, 2.05) is 14.0 Å². The van der Waals surface area contributed by atoms with Gasteiger partial charge in [-0.1, -0.05) is 20.3 Å². The molecule has 0 aromatic rings. The largest absolute Gasteiger partial charge is 0.351 e. The van der Waals surface area contributed by atoms with Gasteiger partial charge in [-0.2, -0.15) is 0 Å². The van der Waals surface area contributed by atoms with Crippen molar-refractivity contribution in [2.75, 3.05) is 7.05 Å². The summed E-state index contributed by atoms with van der Waals surface area (Å²) in [5, 5.41) is 6.37. The zero-order chi connectivity index (χ0) is 13.7. The van der Waals surface area contributed by atoms with Crippen molar-refractivity contribution in [3.63, 3.8) is 0 Å². The molecule has 0 heterocycles. The molecule has 0 aliphatic rings. The van der Waals surface area contributed by atoms with Gasteiger partial charge >= 0.3 is 0 Å². The number of carbonyl (C=O) groups excluding carboxylic acids is 1. The summed E-state index contributed by atoms with van der Waals surface area (Å²) >= 11 is 0. The number of nitrogens with one attached hydrogen (secondary N) is 2. The van der Waals surface area contributed by atoms with Crippen LogP contribution in [0.5, 0.6) is 0 Å². The van der Waals surface area contributed by atoms with Gasteiger partial charge in [0.15, 0.2) is 0 Å². The van der Waals surface area contributed by atoms with E-state index in [2.05, 4.69) is 45.3 Å². The van der Waals surface area contributed by atoms with Gasteiger partial charge in [0.05, 0.1) is 0 Å². The highest BCUT2D eigenvalue weighted by Gasteiger charge is 2.26. The first-order valence-corrected chi connectivity index (χ1v) is 6.64. The minimum absolute atomic E-state index is 0.00561. The fraction of sp³-hybridized carbons (Fsp3) is 0.929. The molecule has 0 radical (unpaired) electrons. The molecule has 0 bridgehead atoms. The van der Waals surface area contributed by atoms with Crippen molar-refractivity contribution < 1.29 is 4.79 Å². The maximum atomic E-state index is 12.1. The highest BCUT2D eigenvalue weighted by Crippen LogP contribution is 2.18. The Morgan fingerprint density at radius 2 is 1.71 bits per heavy atom. The summed E-state index contributed by atoms with van der Waals surface area (Å²) < 4.78 is 0. The number of hydrogen-bond donors (Lipinski definition) is 2. The van der Waals surface area contributed by atoms with Gasteiger partial charge in [0, 0.05) is 17.0 Å². The van der Waals surface area contributed by atoms with E-state index in [-0.39, 0.29) is 22.9 Å². The van der Waals surface area contributed by atoms with Gasteiger partial charge in [-0.15, -0.1) is 0 Å². The fourth-order valence-corrected chi connectivity index (χ4v) is 2.10. The standard InChI is InChI=1S/C14H30N2O/c1-8-9-13(3,4)16-12(17)11(2)10-14(5,6)15-7/h11,15H,8-10H2,1-7H3,(H,16,17). The van der Waals surface area contributed by atoms with Crippen LogP contribution < -0.4 is 10.6 Å². The lowest BCUT2D eigenvalue weighted by atomic mass is 9.90. The summed E-state index contributed by atoms with van der Waals surface area (Å²) in [5.74, 6) is 0.195. The quantitative estimate of drug-likeness (QED) is 0.720. The Bertz CT molecular complexity index is 247. The van der Waals surface area contributed by atoms with Gasteiger partial charge in [-0.25, -0.2) is 0 Å². The molecule has 0 saturated carbocycles. The molecule has 0 aliphatic heterocycles. The average Bonchev–Trinajstić information content (AvgIpc) is 2.16. The van der Waals surface area contributed by atoms with Gasteiger partial charge in [0.1, 0.15) is 0 Å². The van der Waals surface area contributed by atoms with Crippen LogP contribution >= 0.6 is 0 Å². The molecule has 1 atom stereocenters. The Labute approximate surface area is 107 Å². The number of carbonyl (C=O) groups is 1. The van der Waals surface area contributed by atoms with Crippen molar-refractivity contribution >= 4 is 5.91 Å². The normalized spacial score (nSPS) is 14.5.